The van der Waals surface area contributed by atoms with Crippen LogP contribution in [0.3, 0.4) is 0 Å². The number of hydrogen-bond donors (Lipinski definition) is 0. The number of hydrogen-bond acceptors (Lipinski definition) is 3. The molecule has 3 heteroatoms. The lowest BCUT2D eigenvalue weighted by atomic mass is 10.0. The minimum absolute atomic E-state index is 0.288. The van der Waals surface area contributed by atoms with Gasteiger partial charge in [0.05, 0.1) is 25.2 Å². The fourth-order valence-corrected chi connectivity index (χ4v) is 2.07. The van der Waals surface area contributed by atoms with Crippen LogP contribution in [-0.4, -0.2) is 36.2 Å². The Morgan fingerprint density at radius 3 is 2.86 bits per heavy atom. The molecule has 3 nitrogen and oxygen atoms in total. The molecule has 0 bridgehead atoms. The molecule has 0 saturated carbocycles. The van der Waals surface area contributed by atoms with Crippen LogP contribution in [0.1, 0.15) is 33.6 Å². The summed E-state index contributed by atoms with van der Waals surface area (Å²) in [4.78, 5) is 2.41. The van der Waals surface area contributed by atoms with E-state index in [4.69, 9.17) is 10.00 Å². The van der Waals surface area contributed by atoms with Gasteiger partial charge in [-0.1, -0.05) is 6.92 Å². The lowest BCUT2D eigenvalue weighted by Crippen LogP contribution is -2.52. The van der Waals surface area contributed by atoms with Gasteiger partial charge in [0.25, 0.3) is 0 Å². The molecule has 1 rings (SSSR count). The van der Waals surface area contributed by atoms with Gasteiger partial charge in [-0.25, -0.2) is 0 Å². The second-order valence-corrected chi connectivity index (χ2v) is 3.98. The summed E-state index contributed by atoms with van der Waals surface area (Å²) in [6.07, 6.45) is 1.97. The fraction of sp³-hybridized carbons (Fsp3) is 0.909. The van der Waals surface area contributed by atoms with Gasteiger partial charge in [0, 0.05) is 18.6 Å². The van der Waals surface area contributed by atoms with Crippen LogP contribution < -0.4 is 0 Å². The Hall–Kier alpha value is -0.590. The monoisotopic (exact) mass is 196 g/mol. The topological polar surface area (TPSA) is 36.3 Å². The Labute approximate surface area is 86.6 Å². The number of nitrogens with zero attached hydrogens (tertiary/aromatic N) is 2. The van der Waals surface area contributed by atoms with E-state index in [1.807, 2.05) is 0 Å². The molecule has 0 aromatic carbocycles. The van der Waals surface area contributed by atoms with Crippen molar-refractivity contribution in [3.8, 4) is 6.07 Å². The Balaban J connectivity index is 2.59. The molecule has 0 aliphatic carbocycles. The number of morpholine rings is 1. The molecule has 1 fully saturated rings. The van der Waals surface area contributed by atoms with E-state index in [-0.39, 0.29) is 6.10 Å². The van der Waals surface area contributed by atoms with E-state index < -0.39 is 0 Å². The summed E-state index contributed by atoms with van der Waals surface area (Å²) in [5, 5.41) is 8.74. The molecule has 0 radical (unpaired) electrons. The zero-order valence-corrected chi connectivity index (χ0v) is 9.36. The van der Waals surface area contributed by atoms with Crippen molar-refractivity contribution in [1.82, 2.24) is 4.90 Å². The van der Waals surface area contributed by atoms with Crippen molar-refractivity contribution in [1.29, 1.82) is 5.26 Å². The van der Waals surface area contributed by atoms with Crippen LogP contribution in [0.15, 0.2) is 0 Å². The van der Waals surface area contributed by atoms with E-state index >= 15 is 0 Å². The molecule has 80 valence electrons. The van der Waals surface area contributed by atoms with Gasteiger partial charge in [-0.3, -0.25) is 4.90 Å². The Morgan fingerprint density at radius 1 is 1.57 bits per heavy atom. The normalized spacial score (nSPS) is 31.0. The predicted octanol–water partition coefficient (Wildman–Crippen LogP) is 1.79. The van der Waals surface area contributed by atoms with Gasteiger partial charge in [0.15, 0.2) is 0 Å². The molecular weight excluding hydrogens is 176 g/mol. The molecule has 0 spiro atoms. The first-order valence-corrected chi connectivity index (χ1v) is 5.45. The summed E-state index contributed by atoms with van der Waals surface area (Å²) >= 11 is 0. The predicted molar refractivity (Wildman–Crippen MR) is 55.9 cm³/mol. The van der Waals surface area contributed by atoms with Gasteiger partial charge < -0.3 is 4.74 Å². The second kappa shape index (κ2) is 5.33. The standard InChI is InChI=1S/C11H20N2O/c1-4-11(5-6-12)13-7-8-14-10(3)9(13)2/h9-11H,4-5,7-8H2,1-3H3. The summed E-state index contributed by atoms with van der Waals surface area (Å²) in [6.45, 7) is 8.20. The van der Waals surface area contributed by atoms with E-state index in [2.05, 4.69) is 31.7 Å². The SMILES string of the molecule is CCC(CC#N)N1CCOC(C)C1C. The maximum Gasteiger partial charge on any atom is 0.0700 e. The molecule has 1 aliphatic heterocycles. The average molecular weight is 196 g/mol. The fourth-order valence-electron chi connectivity index (χ4n) is 2.07. The molecule has 0 aromatic heterocycles. The molecule has 14 heavy (non-hydrogen) atoms. The average Bonchev–Trinajstić information content (AvgIpc) is 2.19. The maximum absolute atomic E-state index is 8.74. The number of rotatable bonds is 3. The van der Waals surface area contributed by atoms with Crippen molar-refractivity contribution >= 4 is 0 Å². The summed E-state index contributed by atoms with van der Waals surface area (Å²) < 4.78 is 5.57. The molecule has 1 heterocycles. The molecule has 3 atom stereocenters. The first kappa shape index (κ1) is 11.5. The maximum atomic E-state index is 8.74. The summed E-state index contributed by atoms with van der Waals surface area (Å²) in [6, 6.07) is 3.11. The minimum atomic E-state index is 0.288. The van der Waals surface area contributed by atoms with Gasteiger partial charge in [0.2, 0.25) is 0 Å². The quantitative estimate of drug-likeness (QED) is 0.690. The van der Waals surface area contributed by atoms with Crippen LogP contribution in [-0.2, 0) is 4.74 Å². The van der Waals surface area contributed by atoms with Crippen LogP contribution in [0.2, 0.25) is 0 Å². The summed E-state index contributed by atoms with van der Waals surface area (Å²) in [5.41, 5.74) is 0. The van der Waals surface area contributed by atoms with Gasteiger partial charge in [-0.05, 0) is 20.3 Å². The summed E-state index contributed by atoms with van der Waals surface area (Å²) in [5.74, 6) is 0. The number of nitriles is 1. The smallest absolute Gasteiger partial charge is 0.0700 e. The summed E-state index contributed by atoms with van der Waals surface area (Å²) in [7, 11) is 0. The molecular formula is C11H20N2O. The lowest BCUT2D eigenvalue weighted by Gasteiger charge is -2.41. The van der Waals surface area contributed by atoms with Gasteiger partial charge in [-0.15, -0.1) is 0 Å². The molecule has 1 aliphatic rings. The molecule has 0 N–H and O–H groups in total. The van der Waals surface area contributed by atoms with Crippen LogP contribution in [0.5, 0.6) is 0 Å². The highest BCUT2D eigenvalue weighted by atomic mass is 16.5. The number of ether oxygens (including phenoxy) is 1. The molecule has 1 saturated heterocycles. The third kappa shape index (κ3) is 2.46. The molecule has 3 unspecified atom stereocenters. The van der Waals surface area contributed by atoms with Crippen molar-refractivity contribution in [3.05, 3.63) is 0 Å². The van der Waals surface area contributed by atoms with Crippen molar-refractivity contribution in [2.75, 3.05) is 13.2 Å². The van der Waals surface area contributed by atoms with E-state index in [1.54, 1.807) is 0 Å². The largest absolute Gasteiger partial charge is 0.376 e. The first-order chi connectivity index (χ1) is 6.70. The zero-order valence-electron chi connectivity index (χ0n) is 9.36. The Morgan fingerprint density at radius 2 is 2.29 bits per heavy atom. The van der Waals surface area contributed by atoms with Crippen molar-refractivity contribution in [2.45, 2.75) is 51.8 Å². The highest BCUT2D eigenvalue weighted by Crippen LogP contribution is 2.19. The van der Waals surface area contributed by atoms with Crippen molar-refractivity contribution in [3.63, 3.8) is 0 Å². The van der Waals surface area contributed by atoms with Crippen LogP contribution in [0.25, 0.3) is 0 Å². The molecule has 0 aromatic rings. The minimum Gasteiger partial charge on any atom is -0.376 e. The van der Waals surface area contributed by atoms with E-state index in [1.165, 1.54) is 0 Å². The highest BCUT2D eigenvalue weighted by Gasteiger charge is 2.29. The van der Waals surface area contributed by atoms with Crippen LogP contribution >= 0.6 is 0 Å². The van der Waals surface area contributed by atoms with Crippen molar-refractivity contribution in [2.24, 2.45) is 0 Å². The Bertz CT molecular complexity index is 212. The Kier molecular flexibility index (Phi) is 4.37. The highest BCUT2D eigenvalue weighted by molar-refractivity contribution is 4.88. The van der Waals surface area contributed by atoms with Crippen LogP contribution in [0.4, 0.5) is 0 Å². The van der Waals surface area contributed by atoms with Gasteiger partial charge in [-0.2, -0.15) is 5.26 Å². The van der Waals surface area contributed by atoms with E-state index in [0.717, 1.165) is 19.6 Å². The van der Waals surface area contributed by atoms with Gasteiger partial charge in [0.1, 0.15) is 0 Å². The zero-order chi connectivity index (χ0) is 10.6. The van der Waals surface area contributed by atoms with E-state index in [9.17, 15) is 0 Å². The second-order valence-electron chi connectivity index (χ2n) is 3.98. The molecule has 0 amide bonds. The van der Waals surface area contributed by atoms with E-state index in [0.29, 0.717) is 18.5 Å². The third-order valence-corrected chi connectivity index (χ3v) is 3.20. The third-order valence-electron chi connectivity index (χ3n) is 3.20. The van der Waals surface area contributed by atoms with Gasteiger partial charge >= 0.3 is 0 Å². The lowest BCUT2D eigenvalue weighted by molar-refractivity contribution is -0.0713. The first-order valence-electron chi connectivity index (χ1n) is 5.45. The van der Waals surface area contributed by atoms with Crippen molar-refractivity contribution < 1.29 is 4.74 Å². The van der Waals surface area contributed by atoms with Crippen LogP contribution in [0, 0.1) is 11.3 Å².